The zero-order valence-electron chi connectivity index (χ0n) is 11.7. The van der Waals surface area contributed by atoms with Crippen molar-refractivity contribution in [3.8, 4) is 11.3 Å². The van der Waals surface area contributed by atoms with Crippen molar-refractivity contribution < 1.29 is 19.2 Å². The van der Waals surface area contributed by atoms with Crippen LogP contribution in [0.2, 0.25) is 0 Å². The van der Waals surface area contributed by atoms with Crippen molar-refractivity contribution in [2.45, 2.75) is 26.4 Å². The molecule has 2 aromatic rings. The molecule has 2 aromatic heterocycles. The van der Waals surface area contributed by atoms with Crippen molar-refractivity contribution in [1.82, 2.24) is 10.1 Å². The van der Waals surface area contributed by atoms with E-state index in [1.54, 1.807) is 24.4 Å². The van der Waals surface area contributed by atoms with Gasteiger partial charge in [-0.25, -0.2) is 9.78 Å². The van der Waals surface area contributed by atoms with E-state index in [1.807, 2.05) is 6.92 Å². The molecular formula is C14H17N3O4. The summed E-state index contributed by atoms with van der Waals surface area (Å²) < 4.78 is 10.1. The molecule has 0 radical (unpaired) electrons. The van der Waals surface area contributed by atoms with Crippen LogP contribution in [0.15, 0.2) is 28.9 Å². The molecule has 0 atom stereocenters. The molecule has 0 spiro atoms. The van der Waals surface area contributed by atoms with Crippen LogP contribution >= 0.6 is 0 Å². The van der Waals surface area contributed by atoms with Gasteiger partial charge >= 0.3 is 6.09 Å². The molecule has 0 aliphatic carbocycles. The Balaban J connectivity index is 2.11. The van der Waals surface area contributed by atoms with Gasteiger partial charge in [0.05, 0.1) is 18.8 Å². The zero-order valence-corrected chi connectivity index (χ0v) is 11.7. The summed E-state index contributed by atoms with van der Waals surface area (Å²) >= 11 is 0. The van der Waals surface area contributed by atoms with Gasteiger partial charge in [-0.2, -0.15) is 0 Å². The lowest BCUT2D eigenvalue weighted by atomic mass is 10.2. The maximum atomic E-state index is 11.7. The lowest BCUT2D eigenvalue weighted by Crippen LogP contribution is -2.15. The van der Waals surface area contributed by atoms with Crippen LogP contribution in [-0.4, -0.2) is 27.9 Å². The van der Waals surface area contributed by atoms with Gasteiger partial charge in [0.15, 0.2) is 5.76 Å². The molecule has 0 unspecified atom stereocenters. The number of rotatable bonds is 6. The first-order valence-corrected chi connectivity index (χ1v) is 6.70. The Hall–Kier alpha value is -2.41. The molecular weight excluding hydrogens is 274 g/mol. The quantitative estimate of drug-likeness (QED) is 0.794. The van der Waals surface area contributed by atoms with Crippen LogP contribution in [0.3, 0.4) is 0 Å². The summed E-state index contributed by atoms with van der Waals surface area (Å²) in [5.74, 6) is 0.732. The van der Waals surface area contributed by atoms with Crippen molar-refractivity contribution in [3.63, 3.8) is 0 Å². The zero-order chi connectivity index (χ0) is 15.1. The van der Waals surface area contributed by atoms with E-state index in [9.17, 15) is 4.79 Å². The van der Waals surface area contributed by atoms with Crippen LogP contribution in [0, 0.1) is 0 Å². The molecule has 112 valence electrons. The first-order valence-electron chi connectivity index (χ1n) is 6.70. The standard InChI is InChI=1S/C14H17N3O4/c1-2-3-7-20-14(19)16-13-11(5-4-6-15-13)12-8-10(9-18)17-21-12/h4-6,8,18H,2-3,7,9H2,1H3,(H,15,16,19). The average Bonchev–Trinajstić information content (AvgIpc) is 2.97. The summed E-state index contributed by atoms with van der Waals surface area (Å²) in [7, 11) is 0. The van der Waals surface area contributed by atoms with Crippen molar-refractivity contribution >= 4 is 11.9 Å². The van der Waals surface area contributed by atoms with E-state index in [0.29, 0.717) is 29.4 Å². The number of unbranched alkanes of at least 4 members (excludes halogenated alkanes) is 1. The van der Waals surface area contributed by atoms with Gasteiger partial charge in [-0.05, 0) is 18.6 Å². The Morgan fingerprint density at radius 3 is 3.10 bits per heavy atom. The first kappa shape index (κ1) is 15.0. The molecule has 0 aliphatic rings. The van der Waals surface area contributed by atoms with Gasteiger partial charge in [-0.15, -0.1) is 0 Å². The van der Waals surface area contributed by atoms with Gasteiger partial charge in [-0.3, -0.25) is 5.32 Å². The first-order chi connectivity index (χ1) is 10.2. The lowest BCUT2D eigenvalue weighted by Gasteiger charge is -2.08. The second-order valence-corrected chi connectivity index (χ2v) is 4.35. The van der Waals surface area contributed by atoms with E-state index in [0.717, 1.165) is 12.8 Å². The number of nitrogens with zero attached hydrogens (tertiary/aromatic N) is 2. The fraction of sp³-hybridized carbons (Fsp3) is 0.357. The Labute approximate surface area is 121 Å². The molecule has 2 heterocycles. The van der Waals surface area contributed by atoms with E-state index in [2.05, 4.69) is 15.5 Å². The minimum absolute atomic E-state index is 0.217. The van der Waals surface area contributed by atoms with Crippen molar-refractivity contribution in [1.29, 1.82) is 0 Å². The minimum atomic E-state index is -0.565. The molecule has 0 aromatic carbocycles. The topological polar surface area (TPSA) is 97.5 Å². The summed E-state index contributed by atoms with van der Waals surface area (Å²) in [5, 5.41) is 15.3. The molecule has 0 fully saturated rings. The summed E-state index contributed by atoms with van der Waals surface area (Å²) in [6.45, 7) is 2.16. The molecule has 0 saturated heterocycles. The van der Waals surface area contributed by atoms with Gasteiger partial charge in [0.25, 0.3) is 0 Å². The Morgan fingerprint density at radius 1 is 1.52 bits per heavy atom. The number of hydrogen-bond donors (Lipinski definition) is 2. The van der Waals surface area contributed by atoms with Crippen LogP contribution < -0.4 is 5.32 Å². The highest BCUT2D eigenvalue weighted by molar-refractivity contribution is 5.88. The number of carbonyl (C=O) groups is 1. The fourth-order valence-electron chi connectivity index (χ4n) is 1.66. The number of ether oxygens (including phenoxy) is 1. The third kappa shape index (κ3) is 4.03. The maximum absolute atomic E-state index is 11.7. The van der Waals surface area contributed by atoms with Crippen LogP contribution in [0.5, 0.6) is 0 Å². The number of anilines is 1. The summed E-state index contributed by atoms with van der Waals surface area (Å²) in [5.41, 5.74) is 0.975. The average molecular weight is 291 g/mol. The second kappa shape index (κ2) is 7.39. The predicted octanol–water partition coefficient (Wildman–Crippen LogP) is 2.58. The highest BCUT2D eigenvalue weighted by Crippen LogP contribution is 2.26. The Morgan fingerprint density at radius 2 is 2.38 bits per heavy atom. The SMILES string of the molecule is CCCCOC(=O)Nc1ncccc1-c1cc(CO)no1. The molecule has 2 rings (SSSR count). The smallest absolute Gasteiger partial charge is 0.412 e. The predicted molar refractivity (Wildman–Crippen MR) is 75.5 cm³/mol. The van der Waals surface area contributed by atoms with Gasteiger partial charge in [-0.1, -0.05) is 18.5 Å². The third-order valence-corrected chi connectivity index (χ3v) is 2.75. The number of aliphatic hydroxyl groups is 1. The number of hydrogen-bond acceptors (Lipinski definition) is 6. The van der Waals surface area contributed by atoms with Crippen LogP contribution in [0.4, 0.5) is 10.6 Å². The molecule has 1 amide bonds. The monoisotopic (exact) mass is 291 g/mol. The summed E-state index contributed by atoms with van der Waals surface area (Å²) in [6.07, 6.45) is 2.74. The number of carbonyl (C=O) groups excluding carboxylic acids is 1. The van der Waals surface area contributed by atoms with E-state index in [-0.39, 0.29) is 6.61 Å². The third-order valence-electron chi connectivity index (χ3n) is 2.75. The fourth-order valence-corrected chi connectivity index (χ4v) is 1.66. The molecule has 7 nitrogen and oxygen atoms in total. The molecule has 7 heteroatoms. The molecule has 0 bridgehead atoms. The highest BCUT2D eigenvalue weighted by atomic mass is 16.5. The number of pyridine rings is 1. The Kier molecular flexibility index (Phi) is 5.28. The van der Waals surface area contributed by atoms with Gasteiger partial charge < -0.3 is 14.4 Å². The maximum Gasteiger partial charge on any atom is 0.412 e. The molecule has 0 saturated carbocycles. The number of aliphatic hydroxyl groups excluding tert-OH is 1. The number of amides is 1. The van der Waals surface area contributed by atoms with Crippen molar-refractivity contribution in [2.24, 2.45) is 0 Å². The molecule has 2 N–H and O–H groups in total. The lowest BCUT2D eigenvalue weighted by molar-refractivity contribution is 0.160. The van der Waals surface area contributed by atoms with Crippen LogP contribution in [0.25, 0.3) is 11.3 Å². The minimum Gasteiger partial charge on any atom is -0.449 e. The van der Waals surface area contributed by atoms with Gasteiger partial charge in [0.2, 0.25) is 0 Å². The van der Waals surface area contributed by atoms with Gasteiger partial charge in [0.1, 0.15) is 11.5 Å². The highest BCUT2D eigenvalue weighted by Gasteiger charge is 2.14. The normalized spacial score (nSPS) is 10.4. The summed E-state index contributed by atoms with van der Waals surface area (Å²) in [6, 6.07) is 5.03. The molecule has 0 aliphatic heterocycles. The Bertz CT molecular complexity index is 597. The summed E-state index contributed by atoms with van der Waals surface area (Å²) in [4.78, 5) is 15.8. The van der Waals surface area contributed by atoms with Gasteiger partial charge in [0, 0.05) is 12.3 Å². The largest absolute Gasteiger partial charge is 0.449 e. The van der Waals surface area contributed by atoms with E-state index >= 15 is 0 Å². The second-order valence-electron chi connectivity index (χ2n) is 4.35. The number of nitrogens with one attached hydrogen (secondary N) is 1. The van der Waals surface area contributed by atoms with Crippen molar-refractivity contribution in [2.75, 3.05) is 11.9 Å². The number of aromatic nitrogens is 2. The van der Waals surface area contributed by atoms with Crippen LogP contribution in [0.1, 0.15) is 25.5 Å². The molecule has 21 heavy (non-hydrogen) atoms. The van der Waals surface area contributed by atoms with E-state index in [1.165, 1.54) is 0 Å². The van der Waals surface area contributed by atoms with E-state index < -0.39 is 6.09 Å². The van der Waals surface area contributed by atoms with E-state index in [4.69, 9.17) is 14.4 Å². The van der Waals surface area contributed by atoms with Crippen molar-refractivity contribution in [3.05, 3.63) is 30.1 Å². The van der Waals surface area contributed by atoms with Crippen LogP contribution in [-0.2, 0) is 11.3 Å².